The summed E-state index contributed by atoms with van der Waals surface area (Å²) in [5.74, 6) is 0.776. The molecule has 0 aromatic heterocycles. The zero-order valence-electron chi connectivity index (χ0n) is 16.4. The van der Waals surface area contributed by atoms with E-state index >= 15 is 0 Å². The van der Waals surface area contributed by atoms with Crippen molar-refractivity contribution >= 4 is 17.8 Å². The number of hydrogen-bond donors (Lipinski definition) is 1. The lowest BCUT2D eigenvalue weighted by atomic mass is 9.75. The van der Waals surface area contributed by atoms with Crippen molar-refractivity contribution in [2.24, 2.45) is 11.8 Å². The van der Waals surface area contributed by atoms with Gasteiger partial charge in [0.2, 0.25) is 5.91 Å². The summed E-state index contributed by atoms with van der Waals surface area (Å²) in [5, 5.41) is 2.91. The fraction of sp³-hybridized carbons (Fsp3) is 0.850. The summed E-state index contributed by atoms with van der Waals surface area (Å²) in [7, 11) is 1.81. The first kappa shape index (κ1) is 19.2. The van der Waals surface area contributed by atoms with Crippen LogP contribution in [-0.2, 0) is 9.59 Å². The molecule has 1 aliphatic heterocycles. The first-order chi connectivity index (χ1) is 12.4. The predicted molar refractivity (Wildman–Crippen MR) is 99.4 cm³/mol. The number of nitrogens with one attached hydrogen (secondary N) is 1. The van der Waals surface area contributed by atoms with Crippen LogP contribution in [0.2, 0.25) is 0 Å². The lowest BCUT2D eigenvalue weighted by Gasteiger charge is -2.37. The molecule has 0 radical (unpaired) electrons. The second-order valence-electron chi connectivity index (χ2n) is 8.59. The van der Waals surface area contributed by atoms with Crippen LogP contribution in [0.4, 0.5) is 4.79 Å². The minimum absolute atomic E-state index is 0.133. The highest BCUT2D eigenvalue weighted by atomic mass is 16.2. The van der Waals surface area contributed by atoms with Crippen LogP contribution < -0.4 is 5.32 Å². The summed E-state index contributed by atoms with van der Waals surface area (Å²) in [6.07, 6.45) is 8.91. The molecule has 2 atom stereocenters. The van der Waals surface area contributed by atoms with Crippen LogP contribution in [0.15, 0.2) is 0 Å². The van der Waals surface area contributed by atoms with Crippen LogP contribution in [0.1, 0.15) is 71.6 Å². The van der Waals surface area contributed by atoms with Crippen molar-refractivity contribution in [3.63, 3.8) is 0 Å². The highest BCUT2D eigenvalue weighted by molar-refractivity contribution is 6.09. The maximum atomic E-state index is 13.0. The molecule has 1 spiro atoms. The zero-order valence-corrected chi connectivity index (χ0v) is 16.4. The zero-order chi connectivity index (χ0) is 18.9. The Balaban J connectivity index is 1.63. The highest BCUT2D eigenvalue weighted by Crippen LogP contribution is 2.37. The third kappa shape index (κ3) is 3.47. The molecule has 3 fully saturated rings. The van der Waals surface area contributed by atoms with Gasteiger partial charge in [0.1, 0.15) is 12.1 Å². The van der Waals surface area contributed by atoms with Crippen molar-refractivity contribution in [2.75, 3.05) is 13.6 Å². The van der Waals surface area contributed by atoms with Gasteiger partial charge in [0.05, 0.1) is 0 Å². The third-order valence-corrected chi connectivity index (χ3v) is 7.03. The van der Waals surface area contributed by atoms with Crippen LogP contribution in [0, 0.1) is 11.8 Å². The second kappa shape index (κ2) is 7.57. The fourth-order valence-corrected chi connectivity index (χ4v) is 5.04. The molecule has 6 heteroatoms. The van der Waals surface area contributed by atoms with E-state index in [1.807, 2.05) is 7.05 Å². The maximum Gasteiger partial charge on any atom is 0.325 e. The number of carbonyl (C=O) groups excluding carboxylic acids is 3. The Kier molecular flexibility index (Phi) is 5.58. The number of likely N-dealkylation sites (N-methyl/N-ethyl adjacent to an activating group) is 1. The van der Waals surface area contributed by atoms with Gasteiger partial charge in [0.15, 0.2) is 0 Å². The molecular weight excluding hydrogens is 330 g/mol. The van der Waals surface area contributed by atoms with Gasteiger partial charge in [-0.05, 0) is 50.4 Å². The van der Waals surface area contributed by atoms with Crippen molar-refractivity contribution in [2.45, 2.75) is 83.2 Å². The van der Waals surface area contributed by atoms with Gasteiger partial charge in [-0.3, -0.25) is 14.5 Å². The predicted octanol–water partition coefficient (Wildman–Crippen LogP) is 2.91. The van der Waals surface area contributed by atoms with Gasteiger partial charge in [0, 0.05) is 13.1 Å². The molecule has 2 saturated carbocycles. The molecule has 2 aliphatic carbocycles. The molecular formula is C20H33N3O3. The molecule has 1 saturated heterocycles. The van der Waals surface area contributed by atoms with Crippen molar-refractivity contribution in [1.82, 2.24) is 15.1 Å². The minimum Gasteiger partial charge on any atom is -0.341 e. The van der Waals surface area contributed by atoms with E-state index < -0.39 is 11.6 Å². The summed E-state index contributed by atoms with van der Waals surface area (Å²) in [6, 6.07) is -0.186. The normalized spacial score (nSPS) is 34.9. The molecule has 26 heavy (non-hydrogen) atoms. The van der Waals surface area contributed by atoms with Crippen molar-refractivity contribution in [3.05, 3.63) is 0 Å². The standard InChI is InChI=1S/C20H33N3O3/c1-4-15-9-11-20(12-10-15)18(25)23(19(26)21-20)13-17(24)22(3)16-8-6-5-7-14(16)2/h14-16H,4-13H2,1-3H3,(H,21,26). The van der Waals surface area contributed by atoms with Crippen LogP contribution in [0.25, 0.3) is 0 Å². The minimum atomic E-state index is -0.764. The van der Waals surface area contributed by atoms with E-state index in [1.165, 1.54) is 6.42 Å². The smallest absolute Gasteiger partial charge is 0.325 e. The second-order valence-corrected chi connectivity index (χ2v) is 8.59. The Labute approximate surface area is 156 Å². The summed E-state index contributed by atoms with van der Waals surface area (Å²) in [5.41, 5.74) is -0.764. The Bertz CT molecular complexity index is 569. The Morgan fingerprint density at radius 2 is 1.85 bits per heavy atom. The van der Waals surface area contributed by atoms with Crippen molar-refractivity contribution in [3.8, 4) is 0 Å². The summed E-state index contributed by atoms with van der Waals surface area (Å²) in [4.78, 5) is 41.1. The van der Waals surface area contributed by atoms with E-state index in [1.54, 1.807) is 4.90 Å². The van der Waals surface area contributed by atoms with Gasteiger partial charge >= 0.3 is 6.03 Å². The molecule has 1 heterocycles. The van der Waals surface area contributed by atoms with E-state index in [-0.39, 0.29) is 24.4 Å². The van der Waals surface area contributed by atoms with Crippen molar-refractivity contribution in [1.29, 1.82) is 0 Å². The average molecular weight is 364 g/mol. The lowest BCUT2D eigenvalue weighted by molar-refractivity contribution is -0.141. The summed E-state index contributed by atoms with van der Waals surface area (Å²) in [6.45, 7) is 4.22. The summed E-state index contributed by atoms with van der Waals surface area (Å²) < 4.78 is 0. The molecule has 3 rings (SSSR count). The molecule has 0 aromatic rings. The Hall–Kier alpha value is -1.59. The topological polar surface area (TPSA) is 69.7 Å². The monoisotopic (exact) mass is 363 g/mol. The summed E-state index contributed by atoms with van der Waals surface area (Å²) >= 11 is 0. The average Bonchev–Trinajstić information content (AvgIpc) is 2.86. The number of hydrogen-bond acceptors (Lipinski definition) is 3. The number of carbonyl (C=O) groups is 3. The SMILES string of the molecule is CCC1CCC2(CC1)NC(=O)N(CC(=O)N(C)C1CCCCC1C)C2=O. The number of rotatable bonds is 4. The molecule has 3 aliphatic rings. The number of imide groups is 1. The van der Waals surface area contributed by atoms with Gasteiger partial charge in [-0.25, -0.2) is 4.79 Å². The number of nitrogens with zero attached hydrogens (tertiary/aromatic N) is 2. The van der Waals surface area contributed by atoms with Gasteiger partial charge in [-0.2, -0.15) is 0 Å². The van der Waals surface area contributed by atoms with Crippen LogP contribution in [0.3, 0.4) is 0 Å². The first-order valence-corrected chi connectivity index (χ1v) is 10.3. The van der Waals surface area contributed by atoms with Gasteiger partial charge in [-0.15, -0.1) is 0 Å². The van der Waals surface area contributed by atoms with E-state index in [0.29, 0.717) is 24.7 Å². The molecule has 2 unspecified atom stereocenters. The van der Waals surface area contributed by atoms with E-state index in [2.05, 4.69) is 19.2 Å². The number of amides is 4. The van der Waals surface area contributed by atoms with Crippen molar-refractivity contribution < 1.29 is 14.4 Å². The van der Waals surface area contributed by atoms with Gasteiger partial charge < -0.3 is 10.2 Å². The molecule has 1 N–H and O–H groups in total. The Morgan fingerprint density at radius 1 is 1.19 bits per heavy atom. The number of urea groups is 1. The quantitative estimate of drug-likeness (QED) is 0.781. The van der Waals surface area contributed by atoms with E-state index in [9.17, 15) is 14.4 Å². The Morgan fingerprint density at radius 3 is 2.46 bits per heavy atom. The van der Waals surface area contributed by atoms with Crippen LogP contribution in [0.5, 0.6) is 0 Å². The lowest BCUT2D eigenvalue weighted by Crippen LogP contribution is -2.51. The molecule has 0 bridgehead atoms. The van der Waals surface area contributed by atoms with Crippen LogP contribution in [-0.4, -0.2) is 52.8 Å². The van der Waals surface area contributed by atoms with Gasteiger partial charge in [-0.1, -0.05) is 33.1 Å². The maximum absolute atomic E-state index is 13.0. The van der Waals surface area contributed by atoms with Gasteiger partial charge in [0.25, 0.3) is 5.91 Å². The van der Waals surface area contributed by atoms with E-state index in [4.69, 9.17) is 0 Å². The molecule has 0 aromatic carbocycles. The molecule has 6 nitrogen and oxygen atoms in total. The van der Waals surface area contributed by atoms with Crippen LogP contribution >= 0.6 is 0 Å². The molecule has 146 valence electrons. The van der Waals surface area contributed by atoms with E-state index in [0.717, 1.165) is 43.4 Å². The first-order valence-electron chi connectivity index (χ1n) is 10.3. The highest BCUT2D eigenvalue weighted by Gasteiger charge is 2.52. The fourth-order valence-electron chi connectivity index (χ4n) is 5.04. The molecule has 4 amide bonds. The largest absolute Gasteiger partial charge is 0.341 e. The third-order valence-electron chi connectivity index (χ3n) is 7.03.